The minimum absolute atomic E-state index is 0.128. The van der Waals surface area contributed by atoms with Gasteiger partial charge in [0.25, 0.3) is 11.4 Å². The standard InChI is InChI=1S/C24H16BrN3O3/c1-30-18-12-10-17(11-13-18)28-14-21(19-4-2-3-5-20(19)24(28)29)23-26-22(27-31-23)15-6-8-16(25)9-7-15/h2-14H,1H3. The first-order valence-electron chi connectivity index (χ1n) is 9.53. The molecule has 7 heteroatoms. The Morgan fingerprint density at radius 3 is 2.35 bits per heavy atom. The molecule has 0 saturated heterocycles. The van der Waals surface area contributed by atoms with Crippen LogP contribution in [-0.4, -0.2) is 21.8 Å². The van der Waals surface area contributed by atoms with E-state index in [1.165, 1.54) is 0 Å². The lowest BCUT2D eigenvalue weighted by Gasteiger charge is -2.11. The van der Waals surface area contributed by atoms with Gasteiger partial charge in [0.2, 0.25) is 5.82 Å². The van der Waals surface area contributed by atoms with Gasteiger partial charge in [-0.3, -0.25) is 9.36 Å². The van der Waals surface area contributed by atoms with Crippen molar-refractivity contribution in [3.63, 3.8) is 0 Å². The van der Waals surface area contributed by atoms with Gasteiger partial charge < -0.3 is 9.26 Å². The molecule has 5 rings (SSSR count). The topological polar surface area (TPSA) is 70.2 Å². The predicted molar refractivity (Wildman–Crippen MR) is 123 cm³/mol. The number of hydrogen-bond donors (Lipinski definition) is 0. The molecule has 2 aromatic heterocycles. The van der Waals surface area contributed by atoms with E-state index in [0.717, 1.165) is 15.4 Å². The first-order valence-corrected chi connectivity index (χ1v) is 10.3. The quantitative estimate of drug-likeness (QED) is 0.345. The number of pyridine rings is 1. The second-order valence-electron chi connectivity index (χ2n) is 6.89. The van der Waals surface area contributed by atoms with E-state index >= 15 is 0 Å². The van der Waals surface area contributed by atoms with Crippen LogP contribution in [0, 0.1) is 0 Å². The Kier molecular flexibility index (Phi) is 4.88. The molecule has 0 saturated carbocycles. The largest absolute Gasteiger partial charge is 0.497 e. The normalized spacial score (nSPS) is 11.0. The van der Waals surface area contributed by atoms with Crippen LogP contribution in [0.4, 0.5) is 0 Å². The van der Waals surface area contributed by atoms with E-state index in [0.29, 0.717) is 34.1 Å². The van der Waals surface area contributed by atoms with Crippen molar-refractivity contribution in [2.24, 2.45) is 0 Å². The van der Waals surface area contributed by atoms with Gasteiger partial charge in [-0.15, -0.1) is 0 Å². The maximum absolute atomic E-state index is 13.2. The second kappa shape index (κ2) is 7.85. The van der Waals surface area contributed by atoms with Crippen molar-refractivity contribution < 1.29 is 9.26 Å². The van der Waals surface area contributed by atoms with Crippen molar-refractivity contribution in [3.8, 4) is 34.3 Å². The Bertz CT molecular complexity index is 1440. The summed E-state index contributed by atoms with van der Waals surface area (Å²) in [6.07, 6.45) is 1.74. The van der Waals surface area contributed by atoms with Gasteiger partial charge in [0.1, 0.15) is 5.75 Å². The van der Waals surface area contributed by atoms with Gasteiger partial charge >= 0.3 is 0 Å². The summed E-state index contributed by atoms with van der Waals surface area (Å²) in [5.41, 5.74) is 2.11. The molecule has 0 aliphatic rings. The predicted octanol–water partition coefficient (Wildman–Crippen LogP) is 5.48. The molecule has 0 bridgehead atoms. The van der Waals surface area contributed by atoms with Gasteiger partial charge in [-0.25, -0.2) is 0 Å². The first kappa shape index (κ1) is 19.3. The fourth-order valence-electron chi connectivity index (χ4n) is 3.45. The summed E-state index contributed by atoms with van der Waals surface area (Å²) in [7, 11) is 1.61. The minimum atomic E-state index is -0.128. The summed E-state index contributed by atoms with van der Waals surface area (Å²) >= 11 is 3.43. The van der Waals surface area contributed by atoms with Crippen molar-refractivity contribution in [2.75, 3.05) is 7.11 Å². The fraction of sp³-hybridized carbons (Fsp3) is 0.0417. The summed E-state index contributed by atoms with van der Waals surface area (Å²) in [5, 5.41) is 5.46. The molecule has 31 heavy (non-hydrogen) atoms. The number of ether oxygens (including phenoxy) is 1. The maximum atomic E-state index is 13.2. The van der Waals surface area contributed by atoms with E-state index in [4.69, 9.17) is 9.26 Å². The number of benzene rings is 3. The average molecular weight is 474 g/mol. The van der Waals surface area contributed by atoms with Crippen LogP contribution in [0.15, 0.2) is 92.8 Å². The smallest absolute Gasteiger partial charge is 0.262 e. The van der Waals surface area contributed by atoms with Crippen molar-refractivity contribution in [1.82, 2.24) is 14.7 Å². The molecule has 3 aromatic carbocycles. The lowest BCUT2D eigenvalue weighted by molar-refractivity contribution is 0.414. The average Bonchev–Trinajstić information content (AvgIpc) is 3.30. The van der Waals surface area contributed by atoms with E-state index in [2.05, 4.69) is 26.1 Å². The number of rotatable bonds is 4. The summed E-state index contributed by atoms with van der Waals surface area (Å²) < 4.78 is 13.4. The SMILES string of the molecule is COc1ccc(-n2cc(-c3nc(-c4ccc(Br)cc4)no3)c3ccccc3c2=O)cc1. The number of methoxy groups -OCH3 is 1. The highest BCUT2D eigenvalue weighted by Crippen LogP contribution is 2.29. The molecule has 0 spiro atoms. The molecule has 0 aliphatic heterocycles. The molecule has 0 unspecified atom stereocenters. The van der Waals surface area contributed by atoms with Gasteiger partial charge in [0, 0.05) is 32.7 Å². The molecule has 152 valence electrons. The molecule has 0 aliphatic carbocycles. The van der Waals surface area contributed by atoms with E-state index in [-0.39, 0.29) is 5.56 Å². The highest BCUT2D eigenvalue weighted by Gasteiger charge is 2.17. The van der Waals surface area contributed by atoms with Crippen molar-refractivity contribution in [3.05, 3.63) is 93.8 Å². The Morgan fingerprint density at radius 1 is 0.935 bits per heavy atom. The Balaban J connectivity index is 1.69. The van der Waals surface area contributed by atoms with Crippen LogP contribution < -0.4 is 10.3 Å². The van der Waals surface area contributed by atoms with Crippen molar-refractivity contribution in [2.45, 2.75) is 0 Å². The van der Waals surface area contributed by atoms with E-state index in [9.17, 15) is 4.79 Å². The zero-order chi connectivity index (χ0) is 21.4. The van der Waals surface area contributed by atoms with Crippen LogP contribution in [0.25, 0.3) is 39.3 Å². The molecule has 2 heterocycles. The molecule has 0 N–H and O–H groups in total. The van der Waals surface area contributed by atoms with Crippen LogP contribution in [0.5, 0.6) is 5.75 Å². The van der Waals surface area contributed by atoms with Crippen LogP contribution >= 0.6 is 15.9 Å². The summed E-state index contributed by atoms with van der Waals surface area (Å²) in [5.74, 6) is 1.54. The molecule has 0 radical (unpaired) electrons. The summed E-state index contributed by atoms with van der Waals surface area (Å²) in [6, 6.07) is 22.4. The number of nitrogens with zero attached hydrogens (tertiary/aromatic N) is 3. The molecule has 6 nitrogen and oxygen atoms in total. The number of aromatic nitrogens is 3. The first-order chi connectivity index (χ1) is 15.1. The number of fused-ring (bicyclic) bond motifs is 1. The molecular weight excluding hydrogens is 458 g/mol. The van der Waals surface area contributed by atoms with Crippen LogP contribution in [-0.2, 0) is 0 Å². The minimum Gasteiger partial charge on any atom is -0.497 e. The van der Waals surface area contributed by atoms with Gasteiger partial charge in [-0.1, -0.05) is 39.3 Å². The Hall–Kier alpha value is -3.71. The molecule has 0 amide bonds. The fourth-order valence-corrected chi connectivity index (χ4v) is 3.71. The maximum Gasteiger partial charge on any atom is 0.262 e. The van der Waals surface area contributed by atoms with Crippen LogP contribution in [0.3, 0.4) is 0 Å². The van der Waals surface area contributed by atoms with E-state index in [1.54, 1.807) is 23.9 Å². The Morgan fingerprint density at radius 2 is 1.65 bits per heavy atom. The molecule has 5 aromatic rings. The van der Waals surface area contributed by atoms with Gasteiger partial charge in [-0.2, -0.15) is 4.98 Å². The van der Waals surface area contributed by atoms with Crippen molar-refractivity contribution in [1.29, 1.82) is 0 Å². The third kappa shape index (κ3) is 3.53. The third-order valence-electron chi connectivity index (χ3n) is 5.03. The van der Waals surface area contributed by atoms with Crippen molar-refractivity contribution >= 4 is 26.7 Å². The second-order valence-corrected chi connectivity index (χ2v) is 7.81. The number of hydrogen-bond acceptors (Lipinski definition) is 5. The highest BCUT2D eigenvalue weighted by atomic mass is 79.9. The zero-order valence-electron chi connectivity index (χ0n) is 16.4. The summed E-state index contributed by atoms with van der Waals surface area (Å²) in [4.78, 5) is 17.8. The van der Waals surface area contributed by atoms with Crippen LogP contribution in [0.1, 0.15) is 0 Å². The molecule has 0 fully saturated rings. The van der Waals surface area contributed by atoms with Gasteiger partial charge in [0.05, 0.1) is 12.7 Å². The molecular formula is C24H16BrN3O3. The van der Waals surface area contributed by atoms with E-state index in [1.807, 2.05) is 66.7 Å². The monoisotopic (exact) mass is 473 g/mol. The van der Waals surface area contributed by atoms with E-state index < -0.39 is 0 Å². The molecule has 0 atom stereocenters. The zero-order valence-corrected chi connectivity index (χ0v) is 18.0. The lowest BCUT2D eigenvalue weighted by atomic mass is 10.1. The lowest BCUT2D eigenvalue weighted by Crippen LogP contribution is -2.18. The van der Waals surface area contributed by atoms with Crippen LogP contribution in [0.2, 0.25) is 0 Å². The summed E-state index contributed by atoms with van der Waals surface area (Å²) in [6.45, 7) is 0. The Labute approximate surface area is 185 Å². The van der Waals surface area contributed by atoms with Gasteiger partial charge in [0.15, 0.2) is 0 Å². The third-order valence-corrected chi connectivity index (χ3v) is 5.56. The highest BCUT2D eigenvalue weighted by molar-refractivity contribution is 9.10. The number of halogens is 1. The van der Waals surface area contributed by atoms with Gasteiger partial charge in [-0.05, 0) is 54.6 Å².